The first kappa shape index (κ1) is 7.91. The number of rotatable bonds is 1. The summed E-state index contributed by atoms with van der Waals surface area (Å²) in [6.07, 6.45) is 0. The van der Waals surface area contributed by atoms with Crippen molar-refractivity contribution in [2.75, 3.05) is 0 Å². The molecule has 0 aliphatic rings. The summed E-state index contributed by atoms with van der Waals surface area (Å²) < 4.78 is 1.35. The molecule has 0 unspecified atom stereocenters. The Morgan fingerprint density at radius 1 is 1.45 bits per heavy atom. The molecule has 0 amide bonds. The minimum Gasteiger partial charge on any atom is -0.267 e. The van der Waals surface area contributed by atoms with Gasteiger partial charge in [-0.1, -0.05) is 5.21 Å². The van der Waals surface area contributed by atoms with Gasteiger partial charge in [0.05, 0.1) is 5.69 Å². The van der Waals surface area contributed by atoms with Gasteiger partial charge in [0.2, 0.25) is 0 Å². The fourth-order valence-electron chi connectivity index (χ4n) is 0.792. The maximum absolute atomic E-state index is 11.3. The van der Waals surface area contributed by atoms with E-state index in [1.807, 2.05) is 6.92 Å². The molecular weight excluding hydrogens is 142 g/mol. The summed E-state index contributed by atoms with van der Waals surface area (Å²) in [7, 11) is 0. The average molecular weight is 153 g/mol. The van der Waals surface area contributed by atoms with Gasteiger partial charge in [0.25, 0.3) is 5.56 Å². The lowest BCUT2D eigenvalue weighted by atomic mass is 10.3. The molecule has 0 saturated heterocycles. The van der Waals surface area contributed by atoms with E-state index in [9.17, 15) is 4.79 Å². The Kier molecular flexibility index (Phi) is 2.03. The minimum atomic E-state index is -0.0417. The van der Waals surface area contributed by atoms with Crippen LogP contribution in [0.15, 0.2) is 4.79 Å². The first-order valence-electron chi connectivity index (χ1n) is 3.57. The highest BCUT2D eigenvalue weighted by molar-refractivity contribution is 5.10. The van der Waals surface area contributed by atoms with Crippen molar-refractivity contribution in [3.05, 3.63) is 21.6 Å². The van der Waals surface area contributed by atoms with Gasteiger partial charge >= 0.3 is 0 Å². The standard InChI is InChI=1S/C7H11N3O/c1-4-10-7(11)5(2)6(3)8-9-10/h4H2,1-3H3. The Morgan fingerprint density at radius 3 is 2.64 bits per heavy atom. The van der Waals surface area contributed by atoms with E-state index in [0.29, 0.717) is 17.8 Å². The van der Waals surface area contributed by atoms with Gasteiger partial charge in [0.1, 0.15) is 0 Å². The average Bonchev–Trinajstić information content (AvgIpc) is 2.01. The van der Waals surface area contributed by atoms with Crippen LogP contribution >= 0.6 is 0 Å². The molecule has 1 rings (SSSR count). The number of hydrogen-bond acceptors (Lipinski definition) is 3. The molecule has 0 atom stereocenters. The SMILES string of the molecule is CCn1nnc(C)c(C)c1=O. The van der Waals surface area contributed by atoms with E-state index < -0.39 is 0 Å². The zero-order valence-corrected chi connectivity index (χ0v) is 6.96. The van der Waals surface area contributed by atoms with Crippen LogP contribution in [0, 0.1) is 13.8 Å². The molecule has 1 aromatic heterocycles. The summed E-state index contributed by atoms with van der Waals surface area (Å²) in [6, 6.07) is 0. The molecule has 0 aliphatic carbocycles. The van der Waals surface area contributed by atoms with Crippen molar-refractivity contribution >= 4 is 0 Å². The van der Waals surface area contributed by atoms with Crippen LogP contribution < -0.4 is 5.56 Å². The van der Waals surface area contributed by atoms with Crippen LogP contribution in [0.3, 0.4) is 0 Å². The lowest BCUT2D eigenvalue weighted by Gasteiger charge is -2.00. The van der Waals surface area contributed by atoms with Gasteiger partial charge in [0, 0.05) is 12.1 Å². The summed E-state index contributed by atoms with van der Waals surface area (Å²) in [6.45, 7) is 5.99. The largest absolute Gasteiger partial charge is 0.272 e. The second kappa shape index (κ2) is 2.82. The predicted octanol–water partition coefficient (Wildman–Crippen LogP) is 0.275. The fourth-order valence-corrected chi connectivity index (χ4v) is 0.792. The molecule has 60 valence electrons. The Bertz CT molecular complexity index is 316. The molecule has 4 heteroatoms. The van der Waals surface area contributed by atoms with Crippen molar-refractivity contribution < 1.29 is 0 Å². The molecule has 1 aromatic rings. The van der Waals surface area contributed by atoms with Crippen molar-refractivity contribution in [1.82, 2.24) is 15.0 Å². The molecule has 0 N–H and O–H groups in total. The maximum atomic E-state index is 11.3. The summed E-state index contributed by atoms with van der Waals surface area (Å²) in [5.41, 5.74) is 1.35. The van der Waals surface area contributed by atoms with Crippen LogP contribution in [0.1, 0.15) is 18.2 Å². The summed E-state index contributed by atoms with van der Waals surface area (Å²) in [5.74, 6) is 0. The molecule has 4 nitrogen and oxygen atoms in total. The normalized spacial score (nSPS) is 10.1. The zero-order chi connectivity index (χ0) is 8.43. The lowest BCUT2D eigenvalue weighted by Crippen LogP contribution is -2.26. The Hall–Kier alpha value is -1.19. The number of aryl methyl sites for hydroxylation is 2. The molecule has 1 heterocycles. The minimum absolute atomic E-state index is 0.0417. The van der Waals surface area contributed by atoms with Crippen LogP contribution in [-0.2, 0) is 6.54 Å². The van der Waals surface area contributed by atoms with E-state index in [4.69, 9.17) is 0 Å². The molecule has 11 heavy (non-hydrogen) atoms. The first-order chi connectivity index (χ1) is 5.16. The van der Waals surface area contributed by atoms with Crippen molar-refractivity contribution in [2.45, 2.75) is 27.3 Å². The van der Waals surface area contributed by atoms with Crippen LogP contribution in [0.25, 0.3) is 0 Å². The molecule has 0 spiro atoms. The highest BCUT2D eigenvalue weighted by Crippen LogP contribution is 1.91. The van der Waals surface area contributed by atoms with E-state index in [-0.39, 0.29) is 5.56 Å². The van der Waals surface area contributed by atoms with Crippen LogP contribution in [0.4, 0.5) is 0 Å². The maximum Gasteiger partial charge on any atom is 0.272 e. The van der Waals surface area contributed by atoms with Crippen LogP contribution in [-0.4, -0.2) is 15.0 Å². The molecule has 0 aromatic carbocycles. The zero-order valence-electron chi connectivity index (χ0n) is 6.96. The van der Waals surface area contributed by atoms with Gasteiger partial charge in [-0.3, -0.25) is 4.79 Å². The predicted molar refractivity (Wildman–Crippen MR) is 41.4 cm³/mol. The second-order valence-electron chi connectivity index (χ2n) is 2.42. The Labute approximate surface area is 64.9 Å². The third kappa shape index (κ3) is 1.29. The van der Waals surface area contributed by atoms with Gasteiger partial charge in [-0.2, -0.15) is 0 Å². The highest BCUT2D eigenvalue weighted by atomic mass is 16.1. The van der Waals surface area contributed by atoms with E-state index in [2.05, 4.69) is 10.3 Å². The van der Waals surface area contributed by atoms with Crippen molar-refractivity contribution in [2.24, 2.45) is 0 Å². The van der Waals surface area contributed by atoms with Crippen molar-refractivity contribution in [3.63, 3.8) is 0 Å². The molecule has 0 radical (unpaired) electrons. The molecule has 0 aliphatic heterocycles. The first-order valence-corrected chi connectivity index (χ1v) is 3.57. The topological polar surface area (TPSA) is 47.8 Å². The van der Waals surface area contributed by atoms with Gasteiger partial charge in [-0.05, 0) is 20.8 Å². The van der Waals surface area contributed by atoms with E-state index in [1.54, 1.807) is 13.8 Å². The number of aromatic nitrogens is 3. The van der Waals surface area contributed by atoms with Gasteiger partial charge in [0.15, 0.2) is 0 Å². The third-order valence-electron chi connectivity index (χ3n) is 1.70. The molecule has 0 bridgehead atoms. The molecular formula is C7H11N3O. The quantitative estimate of drug-likeness (QED) is 0.582. The van der Waals surface area contributed by atoms with Gasteiger partial charge in [-0.25, -0.2) is 4.68 Å². The smallest absolute Gasteiger partial charge is 0.267 e. The highest BCUT2D eigenvalue weighted by Gasteiger charge is 2.02. The van der Waals surface area contributed by atoms with Crippen LogP contribution in [0.5, 0.6) is 0 Å². The second-order valence-corrected chi connectivity index (χ2v) is 2.42. The summed E-state index contributed by atoms with van der Waals surface area (Å²) in [5, 5.41) is 7.53. The van der Waals surface area contributed by atoms with Gasteiger partial charge in [-0.15, -0.1) is 5.10 Å². The summed E-state index contributed by atoms with van der Waals surface area (Å²) >= 11 is 0. The van der Waals surface area contributed by atoms with E-state index >= 15 is 0 Å². The molecule has 0 fully saturated rings. The number of nitrogens with zero attached hydrogens (tertiary/aromatic N) is 3. The third-order valence-corrected chi connectivity index (χ3v) is 1.70. The monoisotopic (exact) mass is 153 g/mol. The van der Waals surface area contributed by atoms with Gasteiger partial charge < -0.3 is 0 Å². The summed E-state index contributed by atoms with van der Waals surface area (Å²) in [4.78, 5) is 11.3. The van der Waals surface area contributed by atoms with Crippen molar-refractivity contribution in [3.8, 4) is 0 Å². The Balaban J connectivity index is 3.37. The number of hydrogen-bond donors (Lipinski definition) is 0. The Morgan fingerprint density at radius 2 is 2.09 bits per heavy atom. The van der Waals surface area contributed by atoms with E-state index in [1.165, 1.54) is 4.68 Å². The fraction of sp³-hybridized carbons (Fsp3) is 0.571. The van der Waals surface area contributed by atoms with Crippen LogP contribution in [0.2, 0.25) is 0 Å². The van der Waals surface area contributed by atoms with Crippen molar-refractivity contribution in [1.29, 1.82) is 0 Å². The lowest BCUT2D eigenvalue weighted by molar-refractivity contribution is 0.557. The van der Waals surface area contributed by atoms with E-state index in [0.717, 1.165) is 0 Å². The molecule has 0 saturated carbocycles.